The van der Waals surface area contributed by atoms with Crippen LogP contribution < -0.4 is 0 Å². The highest BCUT2D eigenvalue weighted by Crippen LogP contribution is 2.32. The van der Waals surface area contributed by atoms with Gasteiger partial charge in [0.1, 0.15) is 0 Å². The van der Waals surface area contributed by atoms with Crippen LogP contribution in [0.4, 0.5) is 0 Å². The molecule has 3 aromatic rings. The van der Waals surface area contributed by atoms with Gasteiger partial charge in [-0.2, -0.15) is 0 Å². The Bertz CT molecular complexity index is 665. The number of rotatable bonds is 4. The van der Waals surface area contributed by atoms with Gasteiger partial charge in [-0.25, -0.2) is 0 Å². The van der Waals surface area contributed by atoms with Crippen molar-refractivity contribution in [2.45, 2.75) is 26.5 Å². The summed E-state index contributed by atoms with van der Waals surface area (Å²) >= 11 is 7.05. The first-order chi connectivity index (χ1) is 10.7. The lowest BCUT2D eigenvalue weighted by Gasteiger charge is -2.05. The molecule has 0 N–H and O–H groups in total. The molecule has 0 amide bonds. The van der Waals surface area contributed by atoms with E-state index >= 15 is 0 Å². The molecule has 0 saturated heterocycles. The Morgan fingerprint density at radius 3 is 1.27 bits per heavy atom. The van der Waals surface area contributed by atoms with E-state index in [1.807, 2.05) is 0 Å². The molecule has 0 aliphatic heterocycles. The van der Waals surface area contributed by atoms with Gasteiger partial charge in [0.2, 0.25) is 0 Å². The highest BCUT2D eigenvalue weighted by Gasteiger charge is 2.00. The van der Waals surface area contributed by atoms with Gasteiger partial charge in [-0.1, -0.05) is 57.1 Å². The zero-order chi connectivity index (χ0) is 15.4. The molecule has 22 heavy (non-hydrogen) atoms. The summed E-state index contributed by atoms with van der Waals surface area (Å²) in [4.78, 5) is 5.06. The summed E-state index contributed by atoms with van der Waals surface area (Å²) in [7, 11) is 0. The Kier molecular flexibility index (Phi) is 5.29. The molecule has 0 saturated carbocycles. The Morgan fingerprint density at radius 2 is 0.864 bits per heavy atom. The van der Waals surface area contributed by atoms with E-state index in [2.05, 4.69) is 95.7 Å². The number of aryl methyl sites for hydroxylation is 1. The zero-order valence-corrected chi connectivity index (χ0v) is 15.3. The average Bonchev–Trinajstić information content (AvgIpc) is 2.54. The van der Waals surface area contributed by atoms with Crippen molar-refractivity contribution in [3.8, 4) is 0 Å². The number of hydrogen-bond acceptors (Lipinski definition) is 2. The molecule has 0 bridgehead atoms. The van der Waals surface area contributed by atoms with Crippen LogP contribution in [0.3, 0.4) is 0 Å². The van der Waals surface area contributed by atoms with Gasteiger partial charge in [0.15, 0.2) is 0 Å². The normalized spacial score (nSPS) is 10.6. The third-order valence-corrected chi connectivity index (χ3v) is 5.69. The van der Waals surface area contributed by atoms with Gasteiger partial charge in [0.05, 0.1) is 0 Å². The van der Waals surface area contributed by atoms with E-state index in [1.165, 1.54) is 25.1 Å². The molecule has 0 fully saturated rings. The average molecular weight is 387 g/mol. The van der Waals surface area contributed by atoms with Gasteiger partial charge < -0.3 is 0 Å². The lowest BCUT2D eigenvalue weighted by Crippen LogP contribution is -1.77. The summed E-state index contributed by atoms with van der Waals surface area (Å²) in [6.07, 6.45) is 0. The summed E-state index contributed by atoms with van der Waals surface area (Å²) in [5.74, 6) is 0. The van der Waals surface area contributed by atoms with E-state index in [9.17, 15) is 0 Å². The SMILES string of the molecule is Cc1ccc(Sc2ccc(Sc3ccc(Br)cc3)cc2)cc1. The zero-order valence-electron chi connectivity index (χ0n) is 12.1. The maximum atomic E-state index is 3.46. The van der Waals surface area contributed by atoms with Gasteiger partial charge in [0, 0.05) is 24.1 Å². The summed E-state index contributed by atoms with van der Waals surface area (Å²) in [5.41, 5.74) is 1.30. The Hall–Kier alpha value is -1.16. The van der Waals surface area contributed by atoms with Crippen LogP contribution in [-0.4, -0.2) is 0 Å². The molecular weight excluding hydrogens is 372 g/mol. The standard InChI is InChI=1S/C19H15BrS2/c1-14-2-6-16(7-3-14)21-18-10-12-19(13-11-18)22-17-8-4-15(20)5-9-17/h2-13H,1H3. The Labute approximate surface area is 148 Å². The monoisotopic (exact) mass is 386 g/mol. The predicted molar refractivity (Wildman–Crippen MR) is 100 cm³/mol. The van der Waals surface area contributed by atoms with Crippen LogP contribution in [0.15, 0.2) is 96.9 Å². The molecule has 0 spiro atoms. The van der Waals surface area contributed by atoms with E-state index in [4.69, 9.17) is 0 Å². The van der Waals surface area contributed by atoms with Crippen molar-refractivity contribution >= 4 is 39.5 Å². The molecule has 110 valence electrons. The van der Waals surface area contributed by atoms with Gasteiger partial charge in [-0.3, -0.25) is 0 Å². The van der Waals surface area contributed by atoms with Crippen LogP contribution in [0, 0.1) is 6.92 Å². The second-order valence-electron chi connectivity index (χ2n) is 4.94. The van der Waals surface area contributed by atoms with Crippen molar-refractivity contribution in [3.63, 3.8) is 0 Å². The second-order valence-corrected chi connectivity index (χ2v) is 8.15. The van der Waals surface area contributed by atoms with E-state index in [1.54, 1.807) is 23.5 Å². The van der Waals surface area contributed by atoms with Crippen molar-refractivity contribution in [1.29, 1.82) is 0 Å². The first kappa shape index (κ1) is 15.7. The smallest absolute Gasteiger partial charge is 0.0176 e. The summed E-state index contributed by atoms with van der Waals surface area (Å²) in [6.45, 7) is 2.11. The molecule has 3 aromatic carbocycles. The molecule has 3 rings (SSSR count). The van der Waals surface area contributed by atoms with Gasteiger partial charge in [-0.15, -0.1) is 0 Å². The summed E-state index contributed by atoms with van der Waals surface area (Å²) in [6, 6.07) is 25.8. The molecule has 0 aromatic heterocycles. The molecular formula is C19H15BrS2. The molecule has 0 radical (unpaired) electrons. The molecule has 0 unspecified atom stereocenters. The molecule has 0 aliphatic rings. The first-order valence-corrected chi connectivity index (χ1v) is 9.40. The lowest BCUT2D eigenvalue weighted by atomic mass is 10.2. The Morgan fingerprint density at radius 1 is 0.545 bits per heavy atom. The van der Waals surface area contributed by atoms with E-state index in [-0.39, 0.29) is 0 Å². The van der Waals surface area contributed by atoms with Crippen molar-refractivity contribution in [3.05, 3.63) is 82.8 Å². The van der Waals surface area contributed by atoms with Gasteiger partial charge >= 0.3 is 0 Å². The quantitative estimate of drug-likeness (QED) is 0.470. The summed E-state index contributed by atoms with van der Waals surface area (Å²) in [5, 5.41) is 0. The predicted octanol–water partition coefficient (Wildman–Crippen LogP) is 7.06. The minimum atomic E-state index is 1.11. The molecule has 0 aliphatic carbocycles. The van der Waals surface area contributed by atoms with Crippen LogP contribution in [0.25, 0.3) is 0 Å². The third kappa shape index (κ3) is 4.42. The highest BCUT2D eigenvalue weighted by atomic mass is 79.9. The fraction of sp³-hybridized carbons (Fsp3) is 0.0526. The highest BCUT2D eigenvalue weighted by molar-refractivity contribution is 9.10. The van der Waals surface area contributed by atoms with Crippen LogP contribution in [-0.2, 0) is 0 Å². The second kappa shape index (κ2) is 7.40. The topological polar surface area (TPSA) is 0 Å². The van der Waals surface area contributed by atoms with Crippen LogP contribution in [0.2, 0.25) is 0 Å². The van der Waals surface area contributed by atoms with Crippen molar-refractivity contribution in [2.75, 3.05) is 0 Å². The first-order valence-electron chi connectivity index (χ1n) is 6.97. The number of halogens is 1. The molecule has 3 heteroatoms. The number of benzene rings is 3. The third-order valence-electron chi connectivity index (χ3n) is 3.13. The van der Waals surface area contributed by atoms with Crippen LogP contribution in [0.1, 0.15) is 5.56 Å². The number of hydrogen-bond donors (Lipinski definition) is 0. The molecule has 0 heterocycles. The van der Waals surface area contributed by atoms with Gasteiger partial charge in [-0.05, 0) is 67.6 Å². The van der Waals surface area contributed by atoms with E-state index < -0.39 is 0 Å². The maximum Gasteiger partial charge on any atom is 0.0176 e. The minimum Gasteiger partial charge on any atom is -0.0901 e. The van der Waals surface area contributed by atoms with E-state index in [0.29, 0.717) is 0 Å². The maximum absolute atomic E-state index is 3.46. The van der Waals surface area contributed by atoms with Crippen LogP contribution in [0.5, 0.6) is 0 Å². The molecule has 0 atom stereocenters. The lowest BCUT2D eigenvalue weighted by molar-refractivity contribution is 1.32. The van der Waals surface area contributed by atoms with Crippen LogP contribution >= 0.6 is 39.5 Å². The van der Waals surface area contributed by atoms with Crippen molar-refractivity contribution < 1.29 is 0 Å². The van der Waals surface area contributed by atoms with Gasteiger partial charge in [0.25, 0.3) is 0 Å². The Balaban J connectivity index is 1.67. The van der Waals surface area contributed by atoms with Crippen molar-refractivity contribution in [2.24, 2.45) is 0 Å². The summed E-state index contributed by atoms with van der Waals surface area (Å²) < 4.78 is 1.11. The molecule has 0 nitrogen and oxygen atoms in total. The van der Waals surface area contributed by atoms with Crippen molar-refractivity contribution in [1.82, 2.24) is 0 Å². The fourth-order valence-corrected chi connectivity index (χ4v) is 3.85. The van der Waals surface area contributed by atoms with E-state index in [0.717, 1.165) is 4.47 Å². The minimum absolute atomic E-state index is 1.11. The largest absolute Gasteiger partial charge is 0.0901 e. The fourth-order valence-electron chi connectivity index (χ4n) is 1.96.